The number of aromatic nitrogens is 2. The second-order valence-electron chi connectivity index (χ2n) is 6.26. The van der Waals surface area contributed by atoms with Gasteiger partial charge in [0.05, 0.1) is 26.6 Å². The lowest BCUT2D eigenvalue weighted by Crippen LogP contribution is -2.48. The predicted octanol–water partition coefficient (Wildman–Crippen LogP) is 1.02. The van der Waals surface area contributed by atoms with Crippen molar-refractivity contribution < 1.29 is 19.1 Å². The fraction of sp³-hybridized carbons (Fsp3) is 0.368. The summed E-state index contributed by atoms with van der Waals surface area (Å²) in [5.74, 6) is 1.72. The molecule has 1 aromatic heterocycles. The van der Waals surface area contributed by atoms with Crippen LogP contribution in [0.4, 0.5) is 5.82 Å². The predicted molar refractivity (Wildman–Crippen MR) is 102 cm³/mol. The third kappa shape index (κ3) is 4.48. The fourth-order valence-electron chi connectivity index (χ4n) is 2.91. The standard InChI is InChI=1S/C19H23N5O4/c1-27-16-4-3-14(9-17(16)28-2)10-21-18-12-20-15(11-22-18)19(26)24-7-5-23(13-25)6-8-24/h3-4,9,11-13H,5-8,10H2,1-2H3,(H,21,22). The van der Waals surface area contributed by atoms with Crippen molar-refractivity contribution in [1.82, 2.24) is 19.8 Å². The molecule has 0 bridgehead atoms. The van der Waals surface area contributed by atoms with E-state index in [-0.39, 0.29) is 11.6 Å². The molecule has 0 aliphatic carbocycles. The number of amides is 2. The Morgan fingerprint density at radius 2 is 1.86 bits per heavy atom. The van der Waals surface area contributed by atoms with Crippen LogP contribution >= 0.6 is 0 Å². The Morgan fingerprint density at radius 1 is 1.11 bits per heavy atom. The van der Waals surface area contributed by atoms with Crippen molar-refractivity contribution in [2.45, 2.75) is 6.54 Å². The SMILES string of the molecule is COc1ccc(CNc2cnc(C(=O)N3CCN(C=O)CC3)cn2)cc1OC. The highest BCUT2D eigenvalue weighted by Gasteiger charge is 2.22. The average Bonchev–Trinajstić information content (AvgIpc) is 2.77. The number of piperazine rings is 1. The number of hydrogen-bond acceptors (Lipinski definition) is 7. The number of carbonyl (C=O) groups excluding carboxylic acids is 2. The Bertz CT molecular complexity index is 820. The van der Waals surface area contributed by atoms with Gasteiger partial charge in [-0.2, -0.15) is 0 Å². The van der Waals surface area contributed by atoms with E-state index in [9.17, 15) is 9.59 Å². The number of carbonyl (C=O) groups is 2. The summed E-state index contributed by atoms with van der Waals surface area (Å²) in [7, 11) is 3.19. The van der Waals surface area contributed by atoms with Gasteiger partial charge in [0.2, 0.25) is 6.41 Å². The molecular formula is C19H23N5O4. The molecule has 0 atom stereocenters. The first-order valence-corrected chi connectivity index (χ1v) is 8.90. The molecule has 2 aromatic rings. The van der Waals surface area contributed by atoms with Crippen molar-refractivity contribution in [2.24, 2.45) is 0 Å². The molecule has 3 rings (SSSR count). The summed E-state index contributed by atoms with van der Waals surface area (Å²) >= 11 is 0. The maximum atomic E-state index is 12.5. The van der Waals surface area contributed by atoms with Crippen LogP contribution in [0.1, 0.15) is 16.1 Å². The van der Waals surface area contributed by atoms with E-state index in [2.05, 4.69) is 15.3 Å². The molecule has 0 unspecified atom stereocenters. The minimum absolute atomic E-state index is 0.176. The molecule has 0 spiro atoms. The van der Waals surface area contributed by atoms with Crippen molar-refractivity contribution in [3.63, 3.8) is 0 Å². The number of ether oxygens (including phenoxy) is 2. The molecule has 2 heterocycles. The van der Waals surface area contributed by atoms with E-state index >= 15 is 0 Å². The van der Waals surface area contributed by atoms with Crippen molar-refractivity contribution in [3.05, 3.63) is 41.9 Å². The van der Waals surface area contributed by atoms with E-state index in [0.29, 0.717) is 50.0 Å². The molecule has 1 fully saturated rings. The lowest BCUT2D eigenvalue weighted by molar-refractivity contribution is -0.119. The molecule has 28 heavy (non-hydrogen) atoms. The van der Waals surface area contributed by atoms with Crippen molar-refractivity contribution in [3.8, 4) is 11.5 Å². The van der Waals surface area contributed by atoms with E-state index in [4.69, 9.17) is 9.47 Å². The van der Waals surface area contributed by atoms with Gasteiger partial charge >= 0.3 is 0 Å². The topological polar surface area (TPSA) is 96.9 Å². The molecule has 1 N–H and O–H groups in total. The smallest absolute Gasteiger partial charge is 0.274 e. The van der Waals surface area contributed by atoms with E-state index in [1.165, 1.54) is 12.4 Å². The van der Waals surface area contributed by atoms with Gasteiger partial charge in [-0.25, -0.2) is 9.97 Å². The summed E-state index contributed by atoms with van der Waals surface area (Å²) in [4.78, 5) is 35.1. The van der Waals surface area contributed by atoms with E-state index in [1.807, 2.05) is 18.2 Å². The van der Waals surface area contributed by atoms with Crippen LogP contribution in [0.25, 0.3) is 0 Å². The van der Waals surface area contributed by atoms with Gasteiger partial charge in [-0.3, -0.25) is 9.59 Å². The van der Waals surface area contributed by atoms with E-state index in [0.717, 1.165) is 12.0 Å². The van der Waals surface area contributed by atoms with Crippen LogP contribution in [0.3, 0.4) is 0 Å². The molecule has 0 saturated carbocycles. The summed E-state index contributed by atoms with van der Waals surface area (Å²) in [5.41, 5.74) is 1.28. The van der Waals surface area contributed by atoms with Gasteiger partial charge in [0.15, 0.2) is 11.5 Å². The van der Waals surface area contributed by atoms with Crippen molar-refractivity contribution in [1.29, 1.82) is 0 Å². The highest BCUT2D eigenvalue weighted by Crippen LogP contribution is 2.27. The molecular weight excluding hydrogens is 362 g/mol. The second kappa shape index (κ2) is 9.03. The fourth-order valence-corrected chi connectivity index (χ4v) is 2.91. The van der Waals surface area contributed by atoms with E-state index < -0.39 is 0 Å². The van der Waals surface area contributed by atoms with Crippen molar-refractivity contribution in [2.75, 3.05) is 45.7 Å². The lowest BCUT2D eigenvalue weighted by Gasteiger charge is -2.32. The van der Waals surface area contributed by atoms with Gasteiger partial charge in [0.25, 0.3) is 5.91 Å². The Hall–Kier alpha value is -3.36. The molecule has 148 valence electrons. The zero-order valence-electron chi connectivity index (χ0n) is 15.9. The minimum Gasteiger partial charge on any atom is -0.493 e. The van der Waals surface area contributed by atoms with Gasteiger partial charge in [0.1, 0.15) is 11.5 Å². The molecule has 2 amide bonds. The third-order valence-corrected chi connectivity index (χ3v) is 4.54. The first-order valence-electron chi connectivity index (χ1n) is 8.90. The second-order valence-corrected chi connectivity index (χ2v) is 6.26. The largest absolute Gasteiger partial charge is 0.493 e. The molecule has 1 aliphatic rings. The molecule has 9 nitrogen and oxygen atoms in total. The van der Waals surface area contributed by atoms with Crippen LogP contribution < -0.4 is 14.8 Å². The van der Waals surface area contributed by atoms with Gasteiger partial charge < -0.3 is 24.6 Å². The average molecular weight is 385 g/mol. The minimum atomic E-state index is -0.176. The summed E-state index contributed by atoms with van der Waals surface area (Å²) < 4.78 is 10.5. The number of benzene rings is 1. The number of methoxy groups -OCH3 is 2. The van der Waals surface area contributed by atoms with Gasteiger partial charge in [0, 0.05) is 32.7 Å². The van der Waals surface area contributed by atoms with Crippen LogP contribution in [0.2, 0.25) is 0 Å². The van der Waals surface area contributed by atoms with Crippen LogP contribution in [-0.2, 0) is 11.3 Å². The van der Waals surface area contributed by atoms with Crippen LogP contribution in [0.5, 0.6) is 11.5 Å². The van der Waals surface area contributed by atoms with E-state index in [1.54, 1.807) is 24.0 Å². The maximum Gasteiger partial charge on any atom is 0.274 e. The molecule has 0 radical (unpaired) electrons. The first-order chi connectivity index (χ1) is 13.6. The summed E-state index contributed by atoms with van der Waals surface area (Å²) in [5, 5.41) is 3.17. The number of hydrogen-bond donors (Lipinski definition) is 1. The lowest BCUT2D eigenvalue weighted by atomic mass is 10.2. The molecule has 1 aromatic carbocycles. The van der Waals surface area contributed by atoms with Gasteiger partial charge in [-0.1, -0.05) is 6.07 Å². The number of nitrogens with one attached hydrogen (secondary N) is 1. The molecule has 1 aliphatic heterocycles. The number of anilines is 1. The zero-order valence-corrected chi connectivity index (χ0v) is 15.9. The normalized spacial score (nSPS) is 13.8. The first kappa shape index (κ1) is 19.4. The molecule has 1 saturated heterocycles. The van der Waals surface area contributed by atoms with Crippen LogP contribution in [0.15, 0.2) is 30.6 Å². The Kier molecular flexibility index (Phi) is 6.25. The quantitative estimate of drug-likeness (QED) is 0.711. The van der Waals surface area contributed by atoms with Gasteiger partial charge in [-0.15, -0.1) is 0 Å². The van der Waals surface area contributed by atoms with Crippen molar-refractivity contribution >= 4 is 18.1 Å². The maximum absolute atomic E-state index is 12.5. The zero-order chi connectivity index (χ0) is 19.9. The molecule has 9 heteroatoms. The Morgan fingerprint density at radius 3 is 2.46 bits per heavy atom. The van der Waals surface area contributed by atoms with Crippen LogP contribution in [-0.4, -0.2) is 72.5 Å². The van der Waals surface area contributed by atoms with Crippen LogP contribution in [0, 0.1) is 0 Å². The monoisotopic (exact) mass is 385 g/mol. The summed E-state index contributed by atoms with van der Waals surface area (Å²) in [6, 6.07) is 5.66. The highest BCUT2D eigenvalue weighted by atomic mass is 16.5. The highest BCUT2D eigenvalue weighted by molar-refractivity contribution is 5.92. The number of nitrogens with zero attached hydrogens (tertiary/aromatic N) is 4. The van der Waals surface area contributed by atoms with Gasteiger partial charge in [-0.05, 0) is 17.7 Å². The summed E-state index contributed by atoms with van der Waals surface area (Å²) in [6.07, 6.45) is 3.81. The third-order valence-electron chi connectivity index (χ3n) is 4.54. The Balaban J connectivity index is 1.57. The summed E-state index contributed by atoms with van der Waals surface area (Å²) in [6.45, 7) is 2.59. The Labute approximate surface area is 163 Å². The number of rotatable bonds is 7.